The lowest BCUT2D eigenvalue weighted by Gasteiger charge is -2.35. The van der Waals surface area contributed by atoms with Crippen molar-refractivity contribution in [2.45, 2.75) is 39.5 Å². The molecule has 2 aliphatic rings. The van der Waals surface area contributed by atoms with Crippen LogP contribution in [0.15, 0.2) is 0 Å². The van der Waals surface area contributed by atoms with Crippen molar-refractivity contribution < 1.29 is 19.5 Å². The molecule has 1 N–H and O–H groups in total. The molecule has 0 spiro atoms. The van der Waals surface area contributed by atoms with E-state index in [1.165, 1.54) is 0 Å². The molecule has 0 amide bonds. The highest BCUT2D eigenvalue weighted by Gasteiger charge is 2.68. The zero-order valence-corrected chi connectivity index (χ0v) is 9.58. The monoisotopic (exact) mass is 224 g/mol. The third kappa shape index (κ3) is 1.13. The van der Waals surface area contributed by atoms with Gasteiger partial charge in [-0.2, -0.15) is 0 Å². The molecule has 0 saturated heterocycles. The number of carbonyl (C=O) groups excluding carboxylic acids is 2. The maximum Gasteiger partial charge on any atom is 0.303 e. The smallest absolute Gasteiger partial charge is 0.303 e. The fourth-order valence-corrected chi connectivity index (χ4v) is 3.46. The van der Waals surface area contributed by atoms with Crippen LogP contribution in [0.3, 0.4) is 0 Å². The van der Waals surface area contributed by atoms with E-state index in [4.69, 9.17) is 5.11 Å². The average Bonchev–Trinajstić information content (AvgIpc) is 2.54. The lowest BCUT2D eigenvalue weighted by molar-refractivity contribution is -0.141. The van der Waals surface area contributed by atoms with Gasteiger partial charge in [-0.25, -0.2) is 0 Å². The highest BCUT2D eigenvalue weighted by Crippen LogP contribution is 2.64. The zero-order valence-electron chi connectivity index (χ0n) is 9.58. The Labute approximate surface area is 94.0 Å². The summed E-state index contributed by atoms with van der Waals surface area (Å²) >= 11 is 0. The van der Waals surface area contributed by atoms with Gasteiger partial charge in [0.15, 0.2) is 0 Å². The van der Waals surface area contributed by atoms with E-state index in [0.29, 0.717) is 6.42 Å². The highest BCUT2D eigenvalue weighted by atomic mass is 16.4. The minimum absolute atomic E-state index is 0.0309. The minimum atomic E-state index is -0.865. The molecule has 0 aliphatic heterocycles. The van der Waals surface area contributed by atoms with Crippen LogP contribution in [0.5, 0.6) is 0 Å². The van der Waals surface area contributed by atoms with Gasteiger partial charge in [-0.05, 0) is 24.7 Å². The topological polar surface area (TPSA) is 71.4 Å². The van der Waals surface area contributed by atoms with Crippen molar-refractivity contribution in [3.05, 3.63) is 0 Å². The third-order valence-electron chi connectivity index (χ3n) is 4.86. The normalized spacial score (nSPS) is 41.8. The van der Waals surface area contributed by atoms with Gasteiger partial charge in [0.25, 0.3) is 0 Å². The highest BCUT2D eigenvalue weighted by molar-refractivity contribution is 6.43. The molecule has 2 fully saturated rings. The van der Waals surface area contributed by atoms with Crippen LogP contribution in [0.1, 0.15) is 39.5 Å². The second kappa shape index (κ2) is 3.15. The van der Waals surface area contributed by atoms with Crippen LogP contribution in [-0.4, -0.2) is 22.6 Å². The summed E-state index contributed by atoms with van der Waals surface area (Å²) in [6.07, 6.45) is 1.90. The summed E-state index contributed by atoms with van der Waals surface area (Å²) in [5, 5.41) is 8.73. The fourth-order valence-electron chi connectivity index (χ4n) is 3.46. The largest absolute Gasteiger partial charge is 0.481 e. The number of hydrogen-bond donors (Lipinski definition) is 1. The van der Waals surface area contributed by atoms with Gasteiger partial charge >= 0.3 is 5.97 Å². The first-order valence-electron chi connectivity index (χ1n) is 5.63. The number of rotatable bonds is 3. The summed E-state index contributed by atoms with van der Waals surface area (Å²) in [7, 11) is 0. The van der Waals surface area contributed by atoms with Crippen molar-refractivity contribution in [2.24, 2.45) is 16.7 Å². The van der Waals surface area contributed by atoms with Crippen LogP contribution >= 0.6 is 0 Å². The molecule has 2 saturated carbocycles. The number of Topliss-reactive ketones (excluding diaryl/α,β-unsaturated/α-hetero) is 2. The molecule has 3 atom stereocenters. The number of hydrogen-bond acceptors (Lipinski definition) is 3. The molecule has 16 heavy (non-hydrogen) atoms. The number of carboxylic acids is 1. The van der Waals surface area contributed by atoms with Crippen LogP contribution in [-0.2, 0) is 14.4 Å². The van der Waals surface area contributed by atoms with Gasteiger partial charge in [-0.1, -0.05) is 13.8 Å². The number of fused-ring (bicyclic) bond motifs is 2. The van der Waals surface area contributed by atoms with E-state index in [1.807, 2.05) is 13.8 Å². The summed E-state index contributed by atoms with van der Waals surface area (Å²) in [5.74, 6) is -1.67. The van der Waals surface area contributed by atoms with Crippen molar-refractivity contribution in [1.29, 1.82) is 0 Å². The first-order valence-corrected chi connectivity index (χ1v) is 5.63. The SMILES string of the molecule is C[C@@]12CC[C@H](C(=O)C1=O)[C@@]2(C)CCC(=O)O. The van der Waals surface area contributed by atoms with Crippen LogP contribution in [0, 0.1) is 16.7 Å². The molecule has 0 heterocycles. The number of ketones is 2. The minimum Gasteiger partial charge on any atom is -0.481 e. The van der Waals surface area contributed by atoms with Gasteiger partial charge in [0.2, 0.25) is 11.6 Å². The summed E-state index contributed by atoms with van der Waals surface area (Å²) in [4.78, 5) is 34.2. The summed E-state index contributed by atoms with van der Waals surface area (Å²) in [5.41, 5.74) is -1.07. The fraction of sp³-hybridized carbons (Fsp3) is 0.750. The maximum absolute atomic E-state index is 11.9. The Morgan fingerprint density at radius 3 is 2.50 bits per heavy atom. The van der Waals surface area contributed by atoms with Gasteiger partial charge in [0.1, 0.15) is 0 Å². The van der Waals surface area contributed by atoms with Crippen LogP contribution in [0.4, 0.5) is 0 Å². The van der Waals surface area contributed by atoms with E-state index >= 15 is 0 Å². The molecule has 0 radical (unpaired) electrons. The number of carboxylic acid groups (broad SMARTS) is 1. The standard InChI is InChI=1S/C12H16O4/c1-11(6-4-8(13)14)7-3-5-12(11,2)10(16)9(7)15/h7H,3-6H2,1-2H3,(H,13,14)/t7-,11-,12-/m1/s1. The molecule has 2 bridgehead atoms. The van der Waals surface area contributed by atoms with Gasteiger partial charge in [-0.3, -0.25) is 14.4 Å². The lowest BCUT2D eigenvalue weighted by Crippen LogP contribution is -2.35. The van der Waals surface area contributed by atoms with Crippen LogP contribution in [0.25, 0.3) is 0 Å². The summed E-state index contributed by atoms with van der Waals surface area (Å²) in [6.45, 7) is 3.72. The second-order valence-electron chi connectivity index (χ2n) is 5.43. The Hall–Kier alpha value is -1.19. The van der Waals surface area contributed by atoms with Crippen molar-refractivity contribution in [3.8, 4) is 0 Å². The second-order valence-corrected chi connectivity index (χ2v) is 5.43. The van der Waals surface area contributed by atoms with Crippen molar-refractivity contribution in [1.82, 2.24) is 0 Å². The molecular weight excluding hydrogens is 208 g/mol. The number of carbonyl (C=O) groups is 3. The zero-order chi connectivity index (χ0) is 12.1. The van der Waals surface area contributed by atoms with Gasteiger partial charge in [0, 0.05) is 17.8 Å². The Bertz CT molecular complexity index is 386. The summed E-state index contributed by atoms with van der Waals surface area (Å²) in [6, 6.07) is 0. The Kier molecular flexibility index (Phi) is 2.23. The maximum atomic E-state index is 11.9. The van der Waals surface area contributed by atoms with E-state index < -0.39 is 16.8 Å². The molecule has 4 nitrogen and oxygen atoms in total. The molecule has 0 aromatic carbocycles. The van der Waals surface area contributed by atoms with Crippen LogP contribution in [0.2, 0.25) is 0 Å². The van der Waals surface area contributed by atoms with Gasteiger partial charge < -0.3 is 5.11 Å². The van der Waals surface area contributed by atoms with Crippen molar-refractivity contribution >= 4 is 17.5 Å². The molecule has 0 aromatic heterocycles. The molecule has 4 heteroatoms. The summed E-state index contributed by atoms with van der Waals surface area (Å²) < 4.78 is 0. The van der Waals surface area contributed by atoms with Crippen molar-refractivity contribution in [3.63, 3.8) is 0 Å². The Balaban J connectivity index is 2.31. The first-order chi connectivity index (χ1) is 7.33. The predicted octanol–water partition coefficient (Wildman–Crippen LogP) is 1.43. The Morgan fingerprint density at radius 1 is 1.44 bits per heavy atom. The van der Waals surface area contributed by atoms with E-state index in [-0.39, 0.29) is 23.9 Å². The molecule has 0 unspecified atom stereocenters. The van der Waals surface area contributed by atoms with Crippen LogP contribution < -0.4 is 0 Å². The number of aliphatic carboxylic acids is 1. The van der Waals surface area contributed by atoms with E-state index in [1.54, 1.807) is 0 Å². The van der Waals surface area contributed by atoms with Gasteiger partial charge in [0.05, 0.1) is 0 Å². The first kappa shape index (κ1) is 11.3. The molecule has 88 valence electrons. The molecule has 2 rings (SSSR count). The predicted molar refractivity (Wildman–Crippen MR) is 55.8 cm³/mol. The third-order valence-corrected chi connectivity index (χ3v) is 4.86. The van der Waals surface area contributed by atoms with E-state index in [2.05, 4.69) is 0 Å². The van der Waals surface area contributed by atoms with Gasteiger partial charge in [-0.15, -0.1) is 0 Å². The van der Waals surface area contributed by atoms with Crippen molar-refractivity contribution in [2.75, 3.05) is 0 Å². The lowest BCUT2D eigenvalue weighted by atomic mass is 9.66. The molecular formula is C12H16O4. The quantitative estimate of drug-likeness (QED) is 0.736. The molecule has 0 aromatic rings. The molecule has 2 aliphatic carbocycles. The van der Waals surface area contributed by atoms with E-state index in [0.717, 1.165) is 12.8 Å². The van der Waals surface area contributed by atoms with E-state index in [9.17, 15) is 14.4 Å². The Morgan fingerprint density at radius 2 is 2.06 bits per heavy atom. The average molecular weight is 224 g/mol.